The first-order valence-corrected chi connectivity index (χ1v) is 6.76. The average Bonchev–Trinajstić information content (AvgIpc) is 2.74. The van der Waals surface area contributed by atoms with E-state index >= 15 is 0 Å². The minimum Gasteiger partial charge on any atom is -1.00 e. The number of aliphatic hydroxyl groups is 1. The van der Waals surface area contributed by atoms with Crippen LogP contribution < -0.4 is 28.9 Å². The van der Waals surface area contributed by atoms with E-state index in [0.717, 1.165) is 11.5 Å². The van der Waals surface area contributed by atoms with E-state index in [2.05, 4.69) is 29.2 Å². The average molecular weight is 402 g/mol. The first kappa shape index (κ1) is 18.0. The monoisotopic (exact) mass is 402 g/mol. The summed E-state index contributed by atoms with van der Waals surface area (Å²) in [5, 5.41) is 9.42. The molecular formula is C16H23IN2O2. The van der Waals surface area contributed by atoms with E-state index in [9.17, 15) is 5.11 Å². The van der Waals surface area contributed by atoms with Crippen molar-refractivity contribution in [2.24, 2.45) is 0 Å². The third-order valence-corrected chi connectivity index (χ3v) is 3.84. The molecule has 0 saturated heterocycles. The SMILES string of the molecule is CN(C)c1ccc(C=CC2=[N+](C)C(C)(CO)CO2)cc1.[I-]. The van der Waals surface area contributed by atoms with E-state index in [-0.39, 0.29) is 36.1 Å². The lowest BCUT2D eigenvalue weighted by Gasteiger charge is -2.13. The molecule has 0 aliphatic carbocycles. The van der Waals surface area contributed by atoms with Gasteiger partial charge in [-0.15, -0.1) is 0 Å². The molecule has 0 aromatic heterocycles. The number of ether oxygens (including phenoxy) is 1. The molecular weight excluding hydrogens is 379 g/mol. The maximum atomic E-state index is 9.42. The molecule has 0 saturated carbocycles. The highest BCUT2D eigenvalue weighted by Gasteiger charge is 2.42. The van der Waals surface area contributed by atoms with Crippen molar-refractivity contribution >= 4 is 17.7 Å². The van der Waals surface area contributed by atoms with Crippen molar-refractivity contribution in [1.82, 2.24) is 0 Å². The summed E-state index contributed by atoms with van der Waals surface area (Å²) >= 11 is 0. The van der Waals surface area contributed by atoms with Crippen molar-refractivity contribution in [3.8, 4) is 0 Å². The molecule has 2 rings (SSSR count). The number of rotatable bonds is 4. The first-order valence-electron chi connectivity index (χ1n) is 6.76. The maximum absolute atomic E-state index is 9.42. The van der Waals surface area contributed by atoms with E-state index < -0.39 is 0 Å². The standard InChI is InChI=1S/C16H23N2O2.HI/c1-16(11-19)12-20-15(18(16)4)10-7-13-5-8-14(9-6-13)17(2)3;/h5-10,19H,11-12H2,1-4H3;1H/q+1;/p-1. The second kappa shape index (κ2) is 7.26. The van der Waals surface area contributed by atoms with Crippen LogP contribution in [0.1, 0.15) is 12.5 Å². The van der Waals surface area contributed by atoms with E-state index in [1.165, 1.54) is 5.69 Å². The smallest absolute Gasteiger partial charge is 0.363 e. The highest BCUT2D eigenvalue weighted by Crippen LogP contribution is 2.17. The minimum atomic E-state index is -0.325. The van der Waals surface area contributed by atoms with Crippen LogP contribution in [0.25, 0.3) is 6.08 Å². The molecule has 4 nitrogen and oxygen atoms in total. The van der Waals surface area contributed by atoms with Crippen molar-refractivity contribution in [1.29, 1.82) is 0 Å². The summed E-state index contributed by atoms with van der Waals surface area (Å²) in [6.07, 6.45) is 3.97. The van der Waals surface area contributed by atoms with E-state index in [1.807, 2.05) is 44.8 Å². The molecule has 1 N–H and O–H groups in total. The van der Waals surface area contributed by atoms with Crippen LogP contribution in [0, 0.1) is 0 Å². The third-order valence-electron chi connectivity index (χ3n) is 3.84. The zero-order valence-electron chi connectivity index (χ0n) is 13.0. The molecule has 0 amide bonds. The van der Waals surface area contributed by atoms with Gasteiger partial charge >= 0.3 is 5.90 Å². The Kier molecular flexibility index (Phi) is 6.22. The number of likely N-dealkylation sites (N-methyl/N-ethyl adjacent to an activating group) is 1. The van der Waals surface area contributed by atoms with Gasteiger partial charge in [0.2, 0.25) is 5.54 Å². The summed E-state index contributed by atoms with van der Waals surface area (Å²) in [4.78, 5) is 2.07. The predicted octanol–water partition coefficient (Wildman–Crippen LogP) is -1.41. The lowest BCUT2D eigenvalue weighted by molar-refractivity contribution is -0.570. The Morgan fingerprint density at radius 1 is 1.29 bits per heavy atom. The normalized spacial score (nSPS) is 21.4. The Hall–Kier alpha value is -1.08. The highest BCUT2D eigenvalue weighted by molar-refractivity contribution is 5.88. The van der Waals surface area contributed by atoms with Crippen LogP contribution in [0.4, 0.5) is 5.69 Å². The van der Waals surface area contributed by atoms with Gasteiger partial charge in [-0.2, -0.15) is 4.58 Å². The largest absolute Gasteiger partial charge is 1.00 e. The van der Waals surface area contributed by atoms with Gasteiger partial charge in [0, 0.05) is 26.7 Å². The molecule has 0 radical (unpaired) electrons. The molecule has 1 heterocycles. The van der Waals surface area contributed by atoms with Gasteiger partial charge in [-0.3, -0.25) is 0 Å². The van der Waals surface area contributed by atoms with Crippen molar-refractivity contribution in [2.75, 3.05) is 39.3 Å². The lowest BCUT2D eigenvalue weighted by atomic mass is 10.1. The van der Waals surface area contributed by atoms with Crippen LogP contribution in [0.3, 0.4) is 0 Å². The minimum absolute atomic E-state index is 0. The molecule has 1 aromatic carbocycles. The highest BCUT2D eigenvalue weighted by atomic mass is 127. The summed E-state index contributed by atoms with van der Waals surface area (Å²) in [5.74, 6) is 0.790. The third kappa shape index (κ3) is 3.97. The van der Waals surface area contributed by atoms with Crippen molar-refractivity contribution in [3.05, 3.63) is 35.9 Å². The van der Waals surface area contributed by atoms with Gasteiger partial charge in [0.25, 0.3) is 0 Å². The van der Waals surface area contributed by atoms with Crippen LogP contribution >= 0.6 is 0 Å². The Morgan fingerprint density at radius 3 is 2.38 bits per heavy atom. The molecule has 1 aliphatic heterocycles. The second-order valence-electron chi connectivity index (χ2n) is 5.66. The van der Waals surface area contributed by atoms with Crippen molar-refractivity contribution in [2.45, 2.75) is 12.5 Å². The molecule has 1 unspecified atom stereocenters. The first-order chi connectivity index (χ1) is 9.46. The fourth-order valence-corrected chi connectivity index (χ4v) is 2.05. The Morgan fingerprint density at radius 2 is 1.90 bits per heavy atom. The van der Waals surface area contributed by atoms with Crippen LogP contribution in [-0.4, -0.2) is 55.5 Å². The van der Waals surface area contributed by atoms with Gasteiger partial charge in [0.1, 0.15) is 13.7 Å². The fourth-order valence-electron chi connectivity index (χ4n) is 2.05. The Labute approximate surface area is 143 Å². The second-order valence-corrected chi connectivity index (χ2v) is 5.66. The zero-order chi connectivity index (χ0) is 14.8. The number of halogens is 1. The molecule has 1 atom stereocenters. The fraction of sp³-hybridized carbons (Fsp3) is 0.438. The topological polar surface area (TPSA) is 35.7 Å². The van der Waals surface area contributed by atoms with E-state index in [4.69, 9.17) is 4.74 Å². The van der Waals surface area contributed by atoms with Crippen LogP contribution in [0.2, 0.25) is 0 Å². The Balaban J connectivity index is 0.00000220. The van der Waals surface area contributed by atoms with Gasteiger partial charge in [0.05, 0.1) is 6.08 Å². The number of nitrogens with zero attached hydrogens (tertiary/aromatic N) is 2. The predicted molar refractivity (Wildman–Crippen MR) is 82.4 cm³/mol. The molecule has 21 heavy (non-hydrogen) atoms. The lowest BCUT2D eigenvalue weighted by Crippen LogP contribution is -3.00. The molecule has 0 bridgehead atoms. The van der Waals surface area contributed by atoms with E-state index in [1.54, 1.807) is 0 Å². The van der Waals surface area contributed by atoms with Crippen molar-refractivity contribution < 1.29 is 38.4 Å². The summed E-state index contributed by atoms with van der Waals surface area (Å²) in [5.41, 5.74) is 1.98. The van der Waals surface area contributed by atoms with E-state index in [0.29, 0.717) is 6.61 Å². The number of anilines is 1. The summed E-state index contributed by atoms with van der Waals surface area (Å²) < 4.78 is 7.63. The van der Waals surface area contributed by atoms with Gasteiger partial charge in [-0.25, -0.2) is 0 Å². The number of benzene rings is 1. The molecule has 0 fully saturated rings. The zero-order valence-corrected chi connectivity index (χ0v) is 15.2. The molecule has 1 aliphatic rings. The number of hydrogen-bond acceptors (Lipinski definition) is 3. The maximum Gasteiger partial charge on any atom is 0.363 e. The molecule has 0 spiro atoms. The number of aliphatic hydroxyl groups excluding tert-OH is 1. The van der Waals surface area contributed by atoms with Crippen LogP contribution in [-0.2, 0) is 4.74 Å². The van der Waals surface area contributed by atoms with Gasteiger partial charge < -0.3 is 38.7 Å². The molecule has 5 heteroatoms. The quantitative estimate of drug-likeness (QED) is 0.497. The summed E-state index contributed by atoms with van der Waals surface area (Å²) in [7, 11) is 5.99. The van der Waals surface area contributed by atoms with Gasteiger partial charge in [-0.1, -0.05) is 12.1 Å². The van der Waals surface area contributed by atoms with Crippen LogP contribution in [0.5, 0.6) is 0 Å². The van der Waals surface area contributed by atoms with Crippen molar-refractivity contribution in [3.63, 3.8) is 0 Å². The molecule has 116 valence electrons. The number of hydrogen-bond donors (Lipinski definition) is 1. The summed E-state index contributed by atoms with van der Waals surface area (Å²) in [6, 6.07) is 8.32. The Bertz CT molecular complexity index is 538. The summed E-state index contributed by atoms with van der Waals surface area (Å²) in [6.45, 7) is 2.58. The van der Waals surface area contributed by atoms with Gasteiger partial charge in [-0.05, 0) is 23.8 Å². The van der Waals surface area contributed by atoms with Crippen LogP contribution in [0.15, 0.2) is 30.3 Å². The van der Waals surface area contributed by atoms with Gasteiger partial charge in [0.15, 0.2) is 6.61 Å². The molecule has 1 aromatic rings.